The van der Waals surface area contributed by atoms with Crippen LogP contribution in [0, 0.1) is 6.92 Å². The fourth-order valence-corrected chi connectivity index (χ4v) is 3.62. The molecule has 0 unspecified atom stereocenters. The van der Waals surface area contributed by atoms with Gasteiger partial charge in [-0.15, -0.1) is 0 Å². The first kappa shape index (κ1) is 17.9. The Bertz CT molecular complexity index is 630. The number of halogens is 1. The van der Waals surface area contributed by atoms with E-state index in [2.05, 4.69) is 0 Å². The molecule has 0 aliphatic rings. The first-order valence-corrected chi connectivity index (χ1v) is 8.02. The molecule has 0 spiro atoms. The van der Waals surface area contributed by atoms with Crippen molar-refractivity contribution < 1.29 is 23.1 Å². The van der Waals surface area contributed by atoms with Crippen molar-refractivity contribution in [3.05, 3.63) is 28.3 Å². The van der Waals surface area contributed by atoms with Crippen LogP contribution in [0.1, 0.15) is 22.3 Å². The lowest BCUT2D eigenvalue weighted by molar-refractivity contribution is 0.0696. The van der Waals surface area contributed by atoms with Gasteiger partial charge >= 0.3 is 5.97 Å². The number of rotatable bonds is 7. The average molecular weight is 336 g/mol. The van der Waals surface area contributed by atoms with Gasteiger partial charge in [0.15, 0.2) is 0 Å². The molecule has 0 bridgehead atoms. The largest absolute Gasteiger partial charge is 0.478 e. The van der Waals surface area contributed by atoms with Crippen LogP contribution in [0.3, 0.4) is 0 Å². The predicted molar refractivity (Wildman–Crippen MR) is 79.5 cm³/mol. The van der Waals surface area contributed by atoms with Crippen LogP contribution in [0.2, 0.25) is 5.02 Å². The SMILES string of the molecule is COCCCN(C)S(=O)(=O)c1cc(Cl)cc(C(=O)O)c1C. The van der Waals surface area contributed by atoms with Gasteiger partial charge in [-0.25, -0.2) is 17.5 Å². The maximum atomic E-state index is 12.5. The molecule has 0 heterocycles. The lowest BCUT2D eigenvalue weighted by atomic mass is 10.1. The van der Waals surface area contributed by atoms with E-state index in [9.17, 15) is 13.2 Å². The molecule has 1 N–H and O–H groups in total. The van der Waals surface area contributed by atoms with Gasteiger partial charge in [-0.05, 0) is 31.0 Å². The number of carbonyl (C=O) groups is 1. The summed E-state index contributed by atoms with van der Waals surface area (Å²) in [7, 11) is -0.826. The highest BCUT2D eigenvalue weighted by molar-refractivity contribution is 7.89. The first-order valence-electron chi connectivity index (χ1n) is 6.20. The van der Waals surface area contributed by atoms with Crippen molar-refractivity contribution in [1.82, 2.24) is 4.31 Å². The highest BCUT2D eigenvalue weighted by Gasteiger charge is 2.25. The van der Waals surface area contributed by atoms with E-state index >= 15 is 0 Å². The van der Waals surface area contributed by atoms with E-state index in [0.29, 0.717) is 13.0 Å². The third-order valence-corrected chi connectivity index (χ3v) is 5.27. The number of nitrogens with zero attached hydrogens (tertiary/aromatic N) is 1. The van der Waals surface area contributed by atoms with Crippen LogP contribution in [-0.2, 0) is 14.8 Å². The van der Waals surface area contributed by atoms with Gasteiger partial charge in [-0.3, -0.25) is 0 Å². The zero-order valence-corrected chi connectivity index (χ0v) is 13.7. The van der Waals surface area contributed by atoms with Gasteiger partial charge < -0.3 is 9.84 Å². The molecule has 1 aromatic rings. The fraction of sp³-hybridized carbons (Fsp3) is 0.462. The van der Waals surface area contributed by atoms with Crippen molar-refractivity contribution in [2.45, 2.75) is 18.2 Å². The van der Waals surface area contributed by atoms with Crippen molar-refractivity contribution in [3.8, 4) is 0 Å². The molecule has 21 heavy (non-hydrogen) atoms. The van der Waals surface area contributed by atoms with E-state index in [0.717, 1.165) is 4.31 Å². The fourth-order valence-electron chi connectivity index (χ4n) is 1.86. The maximum absolute atomic E-state index is 12.5. The van der Waals surface area contributed by atoms with Crippen LogP contribution >= 0.6 is 11.6 Å². The molecule has 0 saturated carbocycles. The van der Waals surface area contributed by atoms with Gasteiger partial charge in [0.25, 0.3) is 0 Å². The second-order valence-electron chi connectivity index (χ2n) is 4.55. The number of methoxy groups -OCH3 is 1. The van der Waals surface area contributed by atoms with Crippen molar-refractivity contribution in [2.24, 2.45) is 0 Å². The minimum absolute atomic E-state index is 0.0712. The zero-order chi connectivity index (χ0) is 16.2. The Kier molecular flexibility index (Phi) is 6.15. The van der Waals surface area contributed by atoms with E-state index in [1.165, 1.54) is 33.2 Å². The quantitative estimate of drug-likeness (QED) is 0.770. The van der Waals surface area contributed by atoms with Crippen molar-refractivity contribution in [3.63, 3.8) is 0 Å². The number of hydrogen-bond donors (Lipinski definition) is 1. The van der Waals surface area contributed by atoms with Gasteiger partial charge in [0.1, 0.15) is 0 Å². The molecule has 0 atom stereocenters. The summed E-state index contributed by atoms with van der Waals surface area (Å²) in [6.45, 7) is 2.16. The number of benzene rings is 1. The Morgan fingerprint density at radius 1 is 1.43 bits per heavy atom. The third-order valence-electron chi connectivity index (χ3n) is 3.06. The van der Waals surface area contributed by atoms with Crippen LogP contribution in [0.25, 0.3) is 0 Å². The summed E-state index contributed by atoms with van der Waals surface area (Å²) in [5.74, 6) is -1.21. The Morgan fingerprint density at radius 2 is 2.05 bits per heavy atom. The Balaban J connectivity index is 3.22. The van der Waals surface area contributed by atoms with E-state index in [1.54, 1.807) is 0 Å². The molecule has 6 nitrogen and oxygen atoms in total. The van der Waals surface area contributed by atoms with Gasteiger partial charge in [0.05, 0.1) is 10.5 Å². The molecule has 118 valence electrons. The molecule has 8 heteroatoms. The number of carboxylic acid groups (broad SMARTS) is 1. The Labute approximate surface area is 129 Å². The molecule has 0 fully saturated rings. The smallest absolute Gasteiger partial charge is 0.336 e. The van der Waals surface area contributed by atoms with E-state index in [-0.39, 0.29) is 27.6 Å². The van der Waals surface area contributed by atoms with E-state index < -0.39 is 16.0 Å². The monoisotopic (exact) mass is 335 g/mol. The van der Waals surface area contributed by atoms with Crippen LogP contribution in [-0.4, -0.2) is 51.1 Å². The Morgan fingerprint density at radius 3 is 2.57 bits per heavy atom. The number of sulfonamides is 1. The molecule has 0 radical (unpaired) electrons. The summed E-state index contributed by atoms with van der Waals surface area (Å²) in [5, 5.41) is 9.18. The molecular formula is C13H18ClNO5S. The minimum atomic E-state index is -3.80. The van der Waals surface area contributed by atoms with E-state index in [4.69, 9.17) is 21.4 Å². The summed E-state index contributed by atoms with van der Waals surface area (Å²) < 4.78 is 31.1. The summed E-state index contributed by atoms with van der Waals surface area (Å²) in [6, 6.07) is 2.51. The van der Waals surface area contributed by atoms with Gasteiger partial charge in [-0.1, -0.05) is 11.6 Å². The summed E-state index contributed by atoms with van der Waals surface area (Å²) in [6.07, 6.45) is 0.539. The highest BCUT2D eigenvalue weighted by atomic mass is 35.5. The van der Waals surface area contributed by atoms with Crippen molar-refractivity contribution >= 4 is 27.6 Å². The summed E-state index contributed by atoms with van der Waals surface area (Å²) in [4.78, 5) is 11.1. The molecule has 0 aliphatic heterocycles. The van der Waals surface area contributed by atoms with Crippen molar-refractivity contribution in [1.29, 1.82) is 0 Å². The number of hydrogen-bond acceptors (Lipinski definition) is 4. The Hall–Kier alpha value is -1.15. The molecular weight excluding hydrogens is 318 g/mol. The summed E-state index contributed by atoms with van der Waals surface area (Å²) >= 11 is 5.84. The van der Waals surface area contributed by atoms with E-state index in [1.807, 2.05) is 0 Å². The molecule has 0 aliphatic carbocycles. The molecule has 0 aromatic heterocycles. The van der Waals surface area contributed by atoms with Crippen LogP contribution < -0.4 is 0 Å². The van der Waals surface area contributed by atoms with Gasteiger partial charge in [0, 0.05) is 32.3 Å². The first-order chi connectivity index (χ1) is 9.71. The zero-order valence-electron chi connectivity index (χ0n) is 12.1. The van der Waals surface area contributed by atoms with Crippen LogP contribution in [0.4, 0.5) is 0 Å². The number of carboxylic acids is 1. The standard InChI is InChI=1S/C13H18ClNO5S/c1-9-11(13(16)17)7-10(14)8-12(9)21(18,19)15(2)5-4-6-20-3/h7-8H,4-6H2,1-3H3,(H,16,17). The number of ether oxygens (including phenoxy) is 1. The predicted octanol–water partition coefficient (Wildman–Crippen LogP) is 2.00. The normalized spacial score (nSPS) is 11.9. The topological polar surface area (TPSA) is 83.9 Å². The average Bonchev–Trinajstić information content (AvgIpc) is 2.40. The highest BCUT2D eigenvalue weighted by Crippen LogP contribution is 2.26. The molecule has 1 aromatic carbocycles. The third kappa shape index (κ3) is 4.16. The second kappa shape index (κ2) is 7.22. The lowest BCUT2D eigenvalue weighted by Crippen LogP contribution is -2.29. The van der Waals surface area contributed by atoms with Crippen LogP contribution in [0.5, 0.6) is 0 Å². The van der Waals surface area contributed by atoms with Gasteiger partial charge in [-0.2, -0.15) is 0 Å². The lowest BCUT2D eigenvalue weighted by Gasteiger charge is -2.19. The maximum Gasteiger partial charge on any atom is 0.336 e. The molecule has 0 amide bonds. The minimum Gasteiger partial charge on any atom is -0.478 e. The summed E-state index contributed by atoms with van der Waals surface area (Å²) in [5.41, 5.74) is 0.0526. The molecule has 0 saturated heterocycles. The van der Waals surface area contributed by atoms with Crippen molar-refractivity contribution in [2.75, 3.05) is 27.3 Å². The molecule has 1 rings (SSSR count). The second-order valence-corrected chi connectivity index (χ2v) is 7.00. The van der Waals surface area contributed by atoms with Gasteiger partial charge in [0.2, 0.25) is 10.0 Å². The van der Waals surface area contributed by atoms with Crippen LogP contribution in [0.15, 0.2) is 17.0 Å². The number of aromatic carboxylic acids is 1.